The molecule has 0 saturated carbocycles. The number of fused-ring (bicyclic) bond motifs is 12. The normalized spacial score (nSPS) is 12.0. The summed E-state index contributed by atoms with van der Waals surface area (Å²) in [6.45, 7) is 4.50. The van der Waals surface area contributed by atoms with Gasteiger partial charge in [-0.05, 0) is 144 Å². The van der Waals surface area contributed by atoms with E-state index in [9.17, 15) is 0 Å². The number of para-hydroxylation sites is 6. The van der Waals surface area contributed by atoms with E-state index in [1.165, 1.54) is 126 Å². The maximum Gasteiger partial charge on any atom is 0.0547 e. The molecular weight excluding hydrogens is 873 g/mol. The van der Waals surface area contributed by atoms with Crippen molar-refractivity contribution in [2.75, 3.05) is 0 Å². The number of rotatable bonds is 6. The van der Waals surface area contributed by atoms with Gasteiger partial charge in [-0.15, -0.1) is 0 Å². The Hall–Kier alpha value is -9.38. The van der Waals surface area contributed by atoms with E-state index in [4.69, 9.17) is 0 Å². The Labute approximate surface area is 416 Å². The van der Waals surface area contributed by atoms with Crippen LogP contribution in [0, 0.1) is 13.8 Å². The van der Waals surface area contributed by atoms with Gasteiger partial charge in [-0.3, -0.25) is 0 Å². The molecule has 11 aromatic carbocycles. The fraction of sp³-hybridized carbons (Fsp3) is 0.0294. The van der Waals surface area contributed by atoms with E-state index in [0.29, 0.717) is 0 Å². The van der Waals surface area contributed by atoms with Crippen LogP contribution in [0.4, 0.5) is 0 Å². The van der Waals surface area contributed by atoms with Crippen LogP contribution in [-0.2, 0) is 0 Å². The smallest absolute Gasteiger partial charge is 0.0547 e. The molecule has 0 aliphatic heterocycles. The van der Waals surface area contributed by atoms with Gasteiger partial charge in [0.25, 0.3) is 0 Å². The molecule has 4 aromatic heterocycles. The van der Waals surface area contributed by atoms with Crippen LogP contribution in [0.2, 0.25) is 0 Å². The first-order valence-electron chi connectivity index (χ1n) is 24.9. The van der Waals surface area contributed by atoms with E-state index in [1.54, 1.807) is 0 Å². The predicted molar refractivity (Wildman–Crippen MR) is 304 cm³/mol. The van der Waals surface area contributed by atoms with Crippen molar-refractivity contribution in [3.63, 3.8) is 0 Å². The van der Waals surface area contributed by atoms with Crippen molar-refractivity contribution in [3.8, 4) is 45.0 Å². The van der Waals surface area contributed by atoms with Crippen LogP contribution in [-0.4, -0.2) is 18.3 Å². The summed E-state index contributed by atoms with van der Waals surface area (Å²) in [5.74, 6) is 0. The quantitative estimate of drug-likeness (QED) is 0.158. The summed E-state index contributed by atoms with van der Waals surface area (Å²) in [4.78, 5) is 0. The van der Waals surface area contributed by atoms with Crippen molar-refractivity contribution in [2.45, 2.75) is 13.8 Å². The number of aryl methyl sites for hydroxylation is 2. The van der Waals surface area contributed by atoms with Gasteiger partial charge in [-0.25, -0.2) is 0 Å². The van der Waals surface area contributed by atoms with Gasteiger partial charge in [0.1, 0.15) is 0 Å². The highest BCUT2D eigenvalue weighted by molar-refractivity contribution is 6.18. The maximum atomic E-state index is 2.46. The predicted octanol–water partition coefficient (Wildman–Crippen LogP) is 18.0. The first-order valence-corrected chi connectivity index (χ1v) is 24.9. The lowest BCUT2D eigenvalue weighted by Crippen LogP contribution is -1.98. The van der Waals surface area contributed by atoms with Gasteiger partial charge in [0.05, 0.1) is 44.1 Å². The Morgan fingerprint density at radius 1 is 0.222 bits per heavy atom. The SMILES string of the molecule is Cc1cc(-n2c3ccccc3c3ccccc32)ccc1-c1ccc(-n2c3ccccc3c3c(-c4ccc5c(c4)c4ccccc4n5-c4cccc(-n5c6ccccc6c6ccccc65)c4)cccc32)cc1C. The average Bonchev–Trinajstić information content (AvgIpc) is 4.16. The third kappa shape index (κ3) is 5.87. The van der Waals surface area contributed by atoms with Crippen LogP contribution < -0.4 is 0 Å². The molecule has 0 unspecified atom stereocenters. The van der Waals surface area contributed by atoms with Crippen LogP contribution in [0.3, 0.4) is 0 Å². The molecule has 0 bridgehead atoms. The molecule has 0 radical (unpaired) electrons. The molecule has 15 rings (SSSR count). The van der Waals surface area contributed by atoms with E-state index in [2.05, 4.69) is 275 Å². The van der Waals surface area contributed by atoms with Crippen molar-refractivity contribution in [2.24, 2.45) is 0 Å². The van der Waals surface area contributed by atoms with Gasteiger partial charge in [0.15, 0.2) is 0 Å². The molecule has 0 fully saturated rings. The molecule has 4 heteroatoms. The highest BCUT2D eigenvalue weighted by atomic mass is 15.0. The molecule has 72 heavy (non-hydrogen) atoms. The van der Waals surface area contributed by atoms with Crippen molar-refractivity contribution < 1.29 is 0 Å². The molecule has 0 aliphatic carbocycles. The standard InChI is InChI=1S/C68H46N4/c1-43-39-48(71-62-28-11-5-21-55(62)56-22-6-12-29-63(56)71)34-36-50(43)51-37-35-49(40-44(51)2)72-65-31-14-8-24-58(65)68-52(25-16-32-67(68)72)45-33-38-66-59(41-45)57-23-7-13-30-64(57)70(66)47-18-15-17-46(42-47)69-60-26-9-3-19-53(60)54-20-4-10-27-61(54)69/h3-42H,1-2H3. The zero-order chi connectivity index (χ0) is 47.6. The highest BCUT2D eigenvalue weighted by Crippen LogP contribution is 2.43. The van der Waals surface area contributed by atoms with Crippen molar-refractivity contribution in [1.29, 1.82) is 0 Å². The molecule has 338 valence electrons. The van der Waals surface area contributed by atoms with Crippen LogP contribution in [0.15, 0.2) is 243 Å². The Kier molecular flexibility index (Phi) is 8.75. The van der Waals surface area contributed by atoms with Crippen LogP contribution >= 0.6 is 0 Å². The minimum absolute atomic E-state index is 1.13. The van der Waals surface area contributed by atoms with Crippen LogP contribution in [0.1, 0.15) is 11.1 Å². The molecule has 0 saturated heterocycles. The van der Waals surface area contributed by atoms with E-state index < -0.39 is 0 Å². The van der Waals surface area contributed by atoms with Gasteiger partial charge in [-0.2, -0.15) is 0 Å². The van der Waals surface area contributed by atoms with Crippen LogP contribution in [0.5, 0.6) is 0 Å². The Morgan fingerprint density at radius 3 is 1.03 bits per heavy atom. The van der Waals surface area contributed by atoms with Crippen molar-refractivity contribution >= 4 is 87.2 Å². The number of benzene rings is 11. The van der Waals surface area contributed by atoms with E-state index in [1.807, 2.05) is 0 Å². The average molecular weight is 919 g/mol. The first-order chi connectivity index (χ1) is 35.6. The molecule has 4 nitrogen and oxygen atoms in total. The van der Waals surface area contributed by atoms with Gasteiger partial charge in [0.2, 0.25) is 0 Å². The monoisotopic (exact) mass is 918 g/mol. The van der Waals surface area contributed by atoms with Gasteiger partial charge < -0.3 is 18.3 Å². The lowest BCUT2D eigenvalue weighted by Gasteiger charge is -2.16. The Bertz CT molecular complexity index is 4620. The first kappa shape index (κ1) is 40.5. The number of hydrogen-bond donors (Lipinski definition) is 0. The van der Waals surface area contributed by atoms with Gasteiger partial charge in [-0.1, -0.05) is 146 Å². The molecule has 15 aromatic rings. The summed E-state index contributed by atoms with van der Waals surface area (Å²) in [6, 6.07) is 89.5. The summed E-state index contributed by atoms with van der Waals surface area (Å²) in [6.07, 6.45) is 0. The second kappa shape index (κ2) is 15.6. The lowest BCUT2D eigenvalue weighted by molar-refractivity contribution is 1.13. The summed E-state index contributed by atoms with van der Waals surface area (Å²) < 4.78 is 9.70. The molecule has 0 atom stereocenters. The second-order valence-corrected chi connectivity index (χ2v) is 19.4. The number of nitrogens with zero attached hydrogens (tertiary/aromatic N) is 4. The second-order valence-electron chi connectivity index (χ2n) is 19.4. The molecular formula is C68H46N4. The third-order valence-electron chi connectivity index (χ3n) is 15.4. The van der Waals surface area contributed by atoms with Crippen molar-refractivity contribution in [3.05, 3.63) is 254 Å². The molecule has 0 amide bonds. The lowest BCUT2D eigenvalue weighted by atomic mass is 9.95. The molecule has 0 N–H and O–H groups in total. The largest absolute Gasteiger partial charge is 0.309 e. The summed E-state index contributed by atoms with van der Waals surface area (Å²) in [5.41, 5.74) is 21.6. The molecule has 0 spiro atoms. The topological polar surface area (TPSA) is 19.7 Å². The van der Waals surface area contributed by atoms with Crippen LogP contribution in [0.25, 0.3) is 132 Å². The Balaban J connectivity index is 0.833. The van der Waals surface area contributed by atoms with E-state index >= 15 is 0 Å². The van der Waals surface area contributed by atoms with Gasteiger partial charge >= 0.3 is 0 Å². The number of aromatic nitrogens is 4. The maximum absolute atomic E-state index is 2.46. The molecule has 4 heterocycles. The Morgan fingerprint density at radius 2 is 0.569 bits per heavy atom. The minimum atomic E-state index is 1.13. The highest BCUT2D eigenvalue weighted by Gasteiger charge is 2.21. The van der Waals surface area contributed by atoms with Gasteiger partial charge in [0, 0.05) is 65.8 Å². The third-order valence-corrected chi connectivity index (χ3v) is 15.4. The van der Waals surface area contributed by atoms with E-state index in [0.717, 1.165) is 17.1 Å². The zero-order valence-electron chi connectivity index (χ0n) is 39.9. The fourth-order valence-electron chi connectivity index (χ4n) is 12.3. The fourth-order valence-corrected chi connectivity index (χ4v) is 12.3. The molecule has 0 aliphatic rings. The summed E-state index contributed by atoms with van der Waals surface area (Å²) >= 11 is 0. The minimum Gasteiger partial charge on any atom is -0.309 e. The summed E-state index contributed by atoms with van der Waals surface area (Å²) in [5, 5.41) is 10.0. The van der Waals surface area contributed by atoms with Crippen molar-refractivity contribution in [1.82, 2.24) is 18.3 Å². The number of hydrogen-bond acceptors (Lipinski definition) is 0. The van der Waals surface area contributed by atoms with E-state index in [-0.39, 0.29) is 0 Å². The zero-order valence-corrected chi connectivity index (χ0v) is 39.9. The summed E-state index contributed by atoms with van der Waals surface area (Å²) in [7, 11) is 0.